The van der Waals surface area contributed by atoms with Crippen molar-refractivity contribution in [3.8, 4) is 5.75 Å². The van der Waals surface area contributed by atoms with Gasteiger partial charge in [0.1, 0.15) is 5.75 Å². The average molecular weight is 258 g/mol. The molecule has 2 nitrogen and oxygen atoms in total. The lowest BCUT2D eigenvalue weighted by Gasteiger charge is -2.12. The van der Waals surface area contributed by atoms with E-state index in [1.54, 1.807) is 7.11 Å². The first-order chi connectivity index (χ1) is 6.70. The summed E-state index contributed by atoms with van der Waals surface area (Å²) in [6, 6.07) is 4.03. The third kappa shape index (κ3) is 2.49. The maximum Gasteiger partial charge on any atom is 0.122 e. The molecule has 0 spiro atoms. The van der Waals surface area contributed by atoms with E-state index >= 15 is 0 Å². The number of methoxy groups -OCH3 is 1. The molecule has 1 rings (SSSR count). The van der Waals surface area contributed by atoms with Crippen LogP contribution in [0.3, 0.4) is 0 Å². The van der Waals surface area contributed by atoms with Crippen molar-refractivity contribution in [2.45, 2.75) is 13.3 Å². The summed E-state index contributed by atoms with van der Waals surface area (Å²) in [5.74, 6) is 0.973. The third-order valence-corrected chi connectivity index (χ3v) is 3.19. The van der Waals surface area contributed by atoms with Gasteiger partial charge in [-0.1, -0.05) is 15.9 Å². The lowest BCUT2D eigenvalue weighted by atomic mass is 10.0. The number of ether oxygens (including phenoxy) is 1. The van der Waals surface area contributed by atoms with Gasteiger partial charge < -0.3 is 10.1 Å². The van der Waals surface area contributed by atoms with Gasteiger partial charge in [0.15, 0.2) is 0 Å². The molecule has 0 atom stereocenters. The van der Waals surface area contributed by atoms with Crippen LogP contribution in [-0.4, -0.2) is 20.7 Å². The number of likely N-dealkylation sites (N-methyl/N-ethyl adjacent to an activating group) is 1. The minimum Gasteiger partial charge on any atom is -0.496 e. The second kappa shape index (κ2) is 5.37. The molecule has 3 heteroatoms. The zero-order valence-electron chi connectivity index (χ0n) is 8.86. The molecule has 78 valence electrons. The van der Waals surface area contributed by atoms with Gasteiger partial charge in [0.2, 0.25) is 0 Å². The van der Waals surface area contributed by atoms with E-state index in [4.69, 9.17) is 4.74 Å². The Balaban J connectivity index is 3.01. The van der Waals surface area contributed by atoms with Crippen LogP contribution in [0.5, 0.6) is 5.75 Å². The second-order valence-corrected chi connectivity index (χ2v) is 4.06. The molecule has 0 heterocycles. The molecule has 0 aliphatic carbocycles. The molecule has 1 aromatic carbocycles. The van der Waals surface area contributed by atoms with Crippen molar-refractivity contribution in [1.29, 1.82) is 0 Å². The highest BCUT2D eigenvalue weighted by atomic mass is 79.9. The van der Waals surface area contributed by atoms with Gasteiger partial charge in [0.05, 0.1) is 7.11 Å². The van der Waals surface area contributed by atoms with Crippen LogP contribution in [0.2, 0.25) is 0 Å². The van der Waals surface area contributed by atoms with E-state index in [1.807, 2.05) is 19.2 Å². The Morgan fingerprint density at radius 3 is 2.71 bits per heavy atom. The molecule has 0 saturated heterocycles. The normalized spacial score (nSPS) is 10.3. The van der Waals surface area contributed by atoms with Gasteiger partial charge >= 0.3 is 0 Å². The van der Waals surface area contributed by atoms with E-state index in [2.05, 4.69) is 28.2 Å². The van der Waals surface area contributed by atoms with E-state index in [0.29, 0.717) is 0 Å². The summed E-state index contributed by atoms with van der Waals surface area (Å²) in [4.78, 5) is 0. The molecule has 0 bridgehead atoms. The van der Waals surface area contributed by atoms with Crippen molar-refractivity contribution in [1.82, 2.24) is 5.32 Å². The molecule has 0 aliphatic rings. The van der Waals surface area contributed by atoms with Gasteiger partial charge in [0, 0.05) is 4.47 Å². The quantitative estimate of drug-likeness (QED) is 0.896. The number of nitrogens with one attached hydrogen (secondary N) is 1. The summed E-state index contributed by atoms with van der Waals surface area (Å²) in [5, 5.41) is 3.14. The van der Waals surface area contributed by atoms with Crippen molar-refractivity contribution in [3.05, 3.63) is 27.7 Å². The Bertz CT molecular complexity index is 312. The van der Waals surface area contributed by atoms with Crippen LogP contribution >= 0.6 is 15.9 Å². The zero-order valence-corrected chi connectivity index (χ0v) is 10.4. The summed E-state index contributed by atoms with van der Waals surface area (Å²) < 4.78 is 6.47. The van der Waals surface area contributed by atoms with Crippen LogP contribution in [0.1, 0.15) is 11.1 Å². The molecule has 0 radical (unpaired) electrons. The van der Waals surface area contributed by atoms with Crippen LogP contribution in [0, 0.1) is 6.92 Å². The first kappa shape index (κ1) is 11.5. The third-order valence-electron chi connectivity index (χ3n) is 2.33. The Morgan fingerprint density at radius 1 is 1.43 bits per heavy atom. The summed E-state index contributed by atoms with van der Waals surface area (Å²) >= 11 is 3.53. The Labute approximate surface area is 93.8 Å². The van der Waals surface area contributed by atoms with Crippen molar-refractivity contribution < 1.29 is 4.74 Å². The first-order valence-corrected chi connectivity index (χ1v) is 5.46. The average Bonchev–Trinajstić information content (AvgIpc) is 2.20. The fourth-order valence-electron chi connectivity index (χ4n) is 1.46. The van der Waals surface area contributed by atoms with Gasteiger partial charge in [-0.05, 0) is 50.2 Å². The standard InChI is InChI=1S/C11H16BrNO/c1-8-9(6-7-13-2)11(14-3)5-4-10(8)12/h4-5,13H,6-7H2,1-3H3. The molecular formula is C11H16BrNO. The highest BCUT2D eigenvalue weighted by Gasteiger charge is 2.08. The summed E-state index contributed by atoms with van der Waals surface area (Å²) in [7, 11) is 3.67. The minimum absolute atomic E-state index is 0.966. The lowest BCUT2D eigenvalue weighted by Crippen LogP contribution is -2.12. The van der Waals surface area contributed by atoms with Crippen molar-refractivity contribution in [2.75, 3.05) is 20.7 Å². The predicted octanol–water partition coefficient (Wildman–Crippen LogP) is 2.53. The largest absolute Gasteiger partial charge is 0.496 e. The summed E-state index contributed by atoms with van der Waals surface area (Å²) in [6.07, 6.45) is 0.991. The maximum atomic E-state index is 5.33. The molecule has 0 unspecified atom stereocenters. The molecule has 0 saturated carbocycles. The van der Waals surface area contributed by atoms with Crippen LogP contribution < -0.4 is 10.1 Å². The van der Waals surface area contributed by atoms with Crippen LogP contribution in [-0.2, 0) is 6.42 Å². The second-order valence-electron chi connectivity index (χ2n) is 3.21. The Hall–Kier alpha value is -0.540. The lowest BCUT2D eigenvalue weighted by molar-refractivity contribution is 0.408. The highest BCUT2D eigenvalue weighted by Crippen LogP contribution is 2.28. The highest BCUT2D eigenvalue weighted by molar-refractivity contribution is 9.10. The molecule has 0 fully saturated rings. The minimum atomic E-state index is 0.966. The maximum absolute atomic E-state index is 5.33. The topological polar surface area (TPSA) is 21.3 Å². The van der Waals surface area contributed by atoms with Gasteiger partial charge in [-0.3, -0.25) is 0 Å². The van der Waals surface area contributed by atoms with Gasteiger partial charge in [-0.2, -0.15) is 0 Å². The molecule has 0 amide bonds. The molecule has 1 aromatic rings. The predicted molar refractivity (Wildman–Crippen MR) is 63.1 cm³/mol. The van der Waals surface area contributed by atoms with E-state index < -0.39 is 0 Å². The molecule has 0 aromatic heterocycles. The first-order valence-electron chi connectivity index (χ1n) is 4.67. The molecule has 14 heavy (non-hydrogen) atoms. The van der Waals surface area contributed by atoms with Gasteiger partial charge in [-0.25, -0.2) is 0 Å². The summed E-state index contributed by atoms with van der Waals surface area (Å²) in [6.45, 7) is 3.07. The number of rotatable bonds is 4. The number of benzene rings is 1. The van der Waals surface area contributed by atoms with Crippen molar-refractivity contribution >= 4 is 15.9 Å². The monoisotopic (exact) mass is 257 g/mol. The zero-order chi connectivity index (χ0) is 10.6. The van der Waals surface area contributed by atoms with E-state index in [1.165, 1.54) is 11.1 Å². The molecule has 1 N–H and O–H groups in total. The van der Waals surface area contributed by atoms with Crippen molar-refractivity contribution in [2.24, 2.45) is 0 Å². The van der Waals surface area contributed by atoms with E-state index in [-0.39, 0.29) is 0 Å². The SMILES string of the molecule is CNCCc1c(OC)ccc(Br)c1C. The van der Waals surface area contributed by atoms with Crippen LogP contribution in [0.15, 0.2) is 16.6 Å². The smallest absolute Gasteiger partial charge is 0.122 e. The van der Waals surface area contributed by atoms with Gasteiger partial charge in [0.25, 0.3) is 0 Å². The summed E-state index contributed by atoms with van der Waals surface area (Å²) in [5.41, 5.74) is 2.54. The van der Waals surface area contributed by atoms with Crippen molar-refractivity contribution in [3.63, 3.8) is 0 Å². The van der Waals surface area contributed by atoms with E-state index in [9.17, 15) is 0 Å². The van der Waals surface area contributed by atoms with Gasteiger partial charge in [-0.15, -0.1) is 0 Å². The number of hydrogen-bond acceptors (Lipinski definition) is 2. The molecular weight excluding hydrogens is 242 g/mol. The van der Waals surface area contributed by atoms with Crippen LogP contribution in [0.25, 0.3) is 0 Å². The van der Waals surface area contributed by atoms with Crippen LogP contribution in [0.4, 0.5) is 0 Å². The fourth-order valence-corrected chi connectivity index (χ4v) is 1.83. The molecule has 0 aliphatic heterocycles. The van der Waals surface area contributed by atoms with E-state index in [0.717, 1.165) is 23.2 Å². The Kier molecular flexibility index (Phi) is 4.42. The fraction of sp³-hybridized carbons (Fsp3) is 0.455. The number of hydrogen-bond donors (Lipinski definition) is 1. The Morgan fingerprint density at radius 2 is 2.14 bits per heavy atom. The number of halogens is 1.